The maximum Gasteiger partial charge on any atom is 0.248 e. The van der Waals surface area contributed by atoms with Crippen molar-refractivity contribution in [3.63, 3.8) is 0 Å². The number of carbonyl (C=O) groups is 2. The van der Waals surface area contributed by atoms with Gasteiger partial charge in [0.1, 0.15) is 11.6 Å². The number of nitrogens with zero attached hydrogens (tertiary/aromatic N) is 2. The van der Waals surface area contributed by atoms with Gasteiger partial charge in [-0.25, -0.2) is 0 Å². The van der Waals surface area contributed by atoms with E-state index >= 15 is 0 Å². The molecule has 0 aromatic carbocycles. The Morgan fingerprint density at radius 2 is 2.06 bits per heavy atom. The molecule has 1 atom stereocenters. The molecule has 17 heavy (non-hydrogen) atoms. The quantitative estimate of drug-likeness (QED) is 0.846. The third kappa shape index (κ3) is 4.10. The summed E-state index contributed by atoms with van der Waals surface area (Å²) in [6, 6.07) is -0.606. The number of anilines is 1. The highest BCUT2D eigenvalue weighted by Crippen LogP contribution is 2.13. The van der Waals surface area contributed by atoms with Crippen LogP contribution in [0.5, 0.6) is 0 Å². The van der Waals surface area contributed by atoms with Crippen molar-refractivity contribution in [2.45, 2.75) is 33.7 Å². The van der Waals surface area contributed by atoms with Crippen LogP contribution in [0.25, 0.3) is 0 Å². The maximum atomic E-state index is 11.7. The van der Waals surface area contributed by atoms with Crippen molar-refractivity contribution in [2.24, 2.45) is 5.41 Å². The molecular weight excluding hydrogens is 240 g/mol. The normalized spacial score (nSPS) is 12.9. The van der Waals surface area contributed by atoms with Crippen LogP contribution in [0, 0.1) is 5.41 Å². The van der Waals surface area contributed by atoms with Crippen molar-refractivity contribution in [2.75, 3.05) is 5.32 Å². The number of nitrogens with one attached hydrogen (secondary N) is 2. The molecule has 0 radical (unpaired) electrons. The number of hydrogen-bond donors (Lipinski definition) is 2. The molecule has 94 valence electrons. The Morgan fingerprint density at radius 1 is 1.41 bits per heavy atom. The van der Waals surface area contributed by atoms with E-state index in [1.165, 1.54) is 16.8 Å². The van der Waals surface area contributed by atoms with E-state index < -0.39 is 11.5 Å². The Bertz CT molecular complexity index is 397. The van der Waals surface area contributed by atoms with E-state index in [2.05, 4.69) is 20.8 Å². The first-order valence-corrected chi connectivity index (χ1v) is 6.06. The van der Waals surface area contributed by atoms with Crippen molar-refractivity contribution in [1.29, 1.82) is 0 Å². The predicted molar refractivity (Wildman–Crippen MR) is 65.6 cm³/mol. The average molecular weight is 256 g/mol. The Balaban J connectivity index is 2.51. The molecule has 0 saturated carbocycles. The molecule has 2 amide bonds. The van der Waals surface area contributed by atoms with Gasteiger partial charge in [-0.15, -0.1) is 10.2 Å². The van der Waals surface area contributed by atoms with Gasteiger partial charge in [0.25, 0.3) is 0 Å². The van der Waals surface area contributed by atoms with Crippen LogP contribution in [-0.2, 0) is 9.59 Å². The molecule has 6 nitrogen and oxygen atoms in total. The zero-order valence-corrected chi connectivity index (χ0v) is 11.1. The third-order valence-electron chi connectivity index (χ3n) is 2.01. The van der Waals surface area contributed by atoms with Crippen molar-refractivity contribution in [3.8, 4) is 0 Å². The highest BCUT2D eigenvalue weighted by Gasteiger charge is 2.25. The van der Waals surface area contributed by atoms with Gasteiger partial charge in [0.05, 0.1) is 0 Å². The fraction of sp³-hybridized carbons (Fsp3) is 0.600. The lowest BCUT2D eigenvalue weighted by Crippen LogP contribution is -2.46. The highest BCUT2D eigenvalue weighted by molar-refractivity contribution is 7.13. The van der Waals surface area contributed by atoms with Gasteiger partial charge in [-0.2, -0.15) is 0 Å². The van der Waals surface area contributed by atoms with Crippen LogP contribution < -0.4 is 10.6 Å². The van der Waals surface area contributed by atoms with Crippen LogP contribution in [-0.4, -0.2) is 28.1 Å². The second-order valence-corrected chi connectivity index (χ2v) is 5.51. The summed E-state index contributed by atoms with van der Waals surface area (Å²) in [5, 5.41) is 12.9. The fourth-order valence-electron chi connectivity index (χ4n) is 0.920. The molecule has 1 heterocycles. The molecule has 0 spiro atoms. The molecule has 1 rings (SSSR count). The third-order valence-corrected chi connectivity index (χ3v) is 2.62. The van der Waals surface area contributed by atoms with E-state index in [1.54, 1.807) is 27.7 Å². The summed E-state index contributed by atoms with van der Waals surface area (Å²) in [5.74, 6) is -0.475. The first-order chi connectivity index (χ1) is 7.80. The Kier molecular flexibility index (Phi) is 4.17. The van der Waals surface area contributed by atoms with E-state index in [-0.39, 0.29) is 11.8 Å². The number of aromatic nitrogens is 2. The molecule has 0 aliphatic carbocycles. The lowest BCUT2D eigenvalue weighted by molar-refractivity contribution is -0.131. The van der Waals surface area contributed by atoms with E-state index in [9.17, 15) is 9.59 Å². The molecule has 0 fully saturated rings. The minimum atomic E-state index is -0.606. The van der Waals surface area contributed by atoms with Gasteiger partial charge < -0.3 is 5.32 Å². The van der Waals surface area contributed by atoms with Gasteiger partial charge in [-0.05, 0) is 6.92 Å². The fourth-order valence-corrected chi connectivity index (χ4v) is 1.37. The van der Waals surface area contributed by atoms with Crippen LogP contribution in [0.4, 0.5) is 5.13 Å². The average Bonchev–Trinajstić information content (AvgIpc) is 2.68. The van der Waals surface area contributed by atoms with E-state index in [0.29, 0.717) is 5.13 Å². The molecule has 0 bridgehead atoms. The van der Waals surface area contributed by atoms with Crippen LogP contribution >= 0.6 is 11.3 Å². The van der Waals surface area contributed by atoms with Crippen molar-refractivity contribution in [3.05, 3.63) is 5.51 Å². The Labute approximate surface area is 104 Å². The molecule has 0 aliphatic heterocycles. The molecular formula is C10H16N4O2S. The summed E-state index contributed by atoms with van der Waals surface area (Å²) in [6.07, 6.45) is 0. The first kappa shape index (κ1) is 13.6. The Morgan fingerprint density at radius 3 is 2.53 bits per heavy atom. The second kappa shape index (κ2) is 5.22. The molecule has 1 aromatic heterocycles. The molecule has 1 aromatic rings. The van der Waals surface area contributed by atoms with Gasteiger partial charge in [0, 0.05) is 5.41 Å². The summed E-state index contributed by atoms with van der Waals surface area (Å²) in [4.78, 5) is 23.4. The van der Waals surface area contributed by atoms with Crippen molar-refractivity contribution < 1.29 is 9.59 Å². The smallest absolute Gasteiger partial charge is 0.248 e. The summed E-state index contributed by atoms with van der Waals surface area (Å²) >= 11 is 1.23. The van der Waals surface area contributed by atoms with Crippen LogP contribution in [0.1, 0.15) is 27.7 Å². The van der Waals surface area contributed by atoms with E-state index in [0.717, 1.165) is 0 Å². The second-order valence-electron chi connectivity index (χ2n) is 4.68. The van der Waals surface area contributed by atoms with Crippen molar-refractivity contribution in [1.82, 2.24) is 15.5 Å². The molecule has 0 aliphatic rings. The first-order valence-electron chi connectivity index (χ1n) is 5.18. The lowest BCUT2D eigenvalue weighted by atomic mass is 9.95. The molecule has 0 unspecified atom stereocenters. The van der Waals surface area contributed by atoms with Gasteiger partial charge in [0.2, 0.25) is 16.9 Å². The predicted octanol–water partition coefficient (Wildman–Crippen LogP) is 1.03. The maximum absolute atomic E-state index is 11.7. The van der Waals surface area contributed by atoms with Gasteiger partial charge in [0.15, 0.2) is 0 Å². The number of amides is 2. The molecule has 2 N–H and O–H groups in total. The SMILES string of the molecule is C[C@@H](NC(=O)C(C)(C)C)C(=O)Nc1nncs1. The van der Waals surface area contributed by atoms with Crippen LogP contribution in [0.2, 0.25) is 0 Å². The van der Waals surface area contributed by atoms with E-state index in [1.807, 2.05) is 0 Å². The summed E-state index contributed by atoms with van der Waals surface area (Å²) in [7, 11) is 0. The monoisotopic (exact) mass is 256 g/mol. The van der Waals surface area contributed by atoms with Crippen molar-refractivity contribution >= 4 is 28.3 Å². The van der Waals surface area contributed by atoms with Gasteiger partial charge >= 0.3 is 0 Å². The molecule has 0 saturated heterocycles. The largest absolute Gasteiger partial charge is 0.344 e. The minimum absolute atomic E-state index is 0.169. The topological polar surface area (TPSA) is 84.0 Å². The molecule has 7 heteroatoms. The summed E-state index contributed by atoms with van der Waals surface area (Å²) in [6.45, 7) is 6.99. The number of hydrogen-bond acceptors (Lipinski definition) is 5. The summed E-state index contributed by atoms with van der Waals surface area (Å²) < 4.78 is 0. The van der Waals surface area contributed by atoms with Gasteiger partial charge in [-0.1, -0.05) is 32.1 Å². The van der Waals surface area contributed by atoms with Gasteiger partial charge in [-0.3, -0.25) is 14.9 Å². The van der Waals surface area contributed by atoms with E-state index in [4.69, 9.17) is 0 Å². The number of rotatable bonds is 3. The van der Waals surface area contributed by atoms with Crippen LogP contribution in [0.15, 0.2) is 5.51 Å². The zero-order valence-electron chi connectivity index (χ0n) is 10.3. The Hall–Kier alpha value is -1.50. The van der Waals surface area contributed by atoms with Crippen LogP contribution in [0.3, 0.4) is 0 Å². The summed E-state index contributed by atoms with van der Waals surface area (Å²) in [5.41, 5.74) is 1.01. The zero-order chi connectivity index (χ0) is 13.1. The standard InChI is InChI=1S/C10H16N4O2S/c1-6(12-8(16)10(2,3)4)7(15)13-9-14-11-5-17-9/h5-6H,1-4H3,(H,12,16)(H,13,14,15)/t6-/m1/s1. The lowest BCUT2D eigenvalue weighted by Gasteiger charge is -2.20. The highest BCUT2D eigenvalue weighted by atomic mass is 32.1. The number of carbonyl (C=O) groups excluding carboxylic acids is 2. The minimum Gasteiger partial charge on any atom is -0.344 e.